The molecule has 1 amide bonds. The molecule has 3 atom stereocenters. The number of hydrogen-bond donors (Lipinski definition) is 1. The number of amides is 1. The van der Waals surface area contributed by atoms with E-state index >= 15 is 0 Å². The quantitative estimate of drug-likeness (QED) is 0.788. The van der Waals surface area contributed by atoms with Crippen LogP contribution in [-0.2, 0) is 19.0 Å². The molecule has 1 N–H and O–H groups in total. The minimum absolute atomic E-state index is 0.146. The maximum Gasteiger partial charge on any atom is 0.407 e. The Labute approximate surface area is 105 Å². The minimum atomic E-state index is -0.828. The smallest absolute Gasteiger partial charge is 0.407 e. The van der Waals surface area contributed by atoms with Gasteiger partial charge in [0.2, 0.25) is 0 Å². The number of rotatable bonds is 2. The highest BCUT2D eigenvalue weighted by Crippen LogP contribution is 2.33. The maximum absolute atomic E-state index is 11.7. The zero-order chi connectivity index (χ0) is 13.3. The zero-order valence-corrected chi connectivity index (χ0v) is 10.6. The van der Waals surface area contributed by atoms with Gasteiger partial charge in [0.1, 0.15) is 6.10 Å². The highest BCUT2D eigenvalue weighted by atomic mass is 16.8. The molecule has 0 radical (unpaired) electrons. The third-order valence-electron chi connectivity index (χ3n) is 2.79. The summed E-state index contributed by atoms with van der Waals surface area (Å²) in [6.45, 7) is 5.49. The Kier molecular flexibility index (Phi) is 3.41. The number of hydrogen-bond acceptors (Lipinski definition) is 5. The van der Waals surface area contributed by atoms with Crippen molar-refractivity contribution in [3.05, 3.63) is 12.2 Å². The van der Waals surface area contributed by atoms with Gasteiger partial charge in [-0.3, -0.25) is 4.79 Å². The Morgan fingerprint density at radius 1 is 1.50 bits per heavy atom. The van der Waals surface area contributed by atoms with Crippen molar-refractivity contribution in [2.24, 2.45) is 0 Å². The molecular weight excluding hydrogens is 238 g/mol. The summed E-state index contributed by atoms with van der Waals surface area (Å²) in [4.78, 5) is 23.1. The number of ketones is 1. The summed E-state index contributed by atoms with van der Waals surface area (Å²) in [5, 5.41) is 2.64. The van der Waals surface area contributed by atoms with E-state index in [-0.39, 0.29) is 12.4 Å². The van der Waals surface area contributed by atoms with E-state index in [1.165, 1.54) is 6.08 Å². The van der Waals surface area contributed by atoms with Gasteiger partial charge >= 0.3 is 6.09 Å². The van der Waals surface area contributed by atoms with E-state index in [1.54, 1.807) is 26.8 Å². The molecule has 0 aromatic rings. The van der Waals surface area contributed by atoms with Crippen LogP contribution in [0.4, 0.5) is 4.79 Å². The second-order valence-corrected chi connectivity index (χ2v) is 4.67. The summed E-state index contributed by atoms with van der Waals surface area (Å²) < 4.78 is 16.0. The van der Waals surface area contributed by atoms with Gasteiger partial charge in [0, 0.05) is 0 Å². The van der Waals surface area contributed by atoms with Gasteiger partial charge in [-0.15, -0.1) is 0 Å². The molecule has 0 aromatic carbocycles. The van der Waals surface area contributed by atoms with E-state index < -0.39 is 30.1 Å². The van der Waals surface area contributed by atoms with Crippen LogP contribution in [-0.4, -0.2) is 42.5 Å². The molecule has 2 aliphatic rings. The molecule has 1 aliphatic carbocycles. The lowest BCUT2D eigenvalue weighted by atomic mass is 9.96. The summed E-state index contributed by atoms with van der Waals surface area (Å²) in [6.07, 6.45) is 1.29. The van der Waals surface area contributed by atoms with Gasteiger partial charge in [0.05, 0.1) is 12.6 Å². The van der Waals surface area contributed by atoms with Crippen LogP contribution < -0.4 is 5.32 Å². The van der Waals surface area contributed by atoms with Crippen LogP contribution in [0.15, 0.2) is 12.2 Å². The van der Waals surface area contributed by atoms with Gasteiger partial charge in [-0.1, -0.05) is 6.08 Å². The second-order valence-electron chi connectivity index (χ2n) is 4.67. The highest BCUT2D eigenvalue weighted by molar-refractivity contribution is 5.95. The van der Waals surface area contributed by atoms with Crippen LogP contribution in [0.3, 0.4) is 0 Å². The summed E-state index contributed by atoms with van der Waals surface area (Å²) in [7, 11) is 0. The van der Waals surface area contributed by atoms with E-state index in [0.29, 0.717) is 0 Å². The van der Waals surface area contributed by atoms with E-state index in [2.05, 4.69) is 5.32 Å². The molecule has 100 valence electrons. The van der Waals surface area contributed by atoms with Crippen molar-refractivity contribution in [1.29, 1.82) is 0 Å². The van der Waals surface area contributed by atoms with Crippen molar-refractivity contribution < 1.29 is 23.8 Å². The Morgan fingerprint density at radius 2 is 2.22 bits per heavy atom. The largest absolute Gasteiger partial charge is 0.450 e. The normalized spacial score (nSPS) is 33.1. The molecule has 6 heteroatoms. The van der Waals surface area contributed by atoms with Crippen LogP contribution in [0.25, 0.3) is 0 Å². The first-order valence-corrected chi connectivity index (χ1v) is 5.94. The molecule has 1 aliphatic heterocycles. The third kappa shape index (κ3) is 2.54. The molecule has 1 saturated heterocycles. The Bertz CT molecular complexity index is 390. The van der Waals surface area contributed by atoms with Crippen molar-refractivity contribution in [2.75, 3.05) is 6.61 Å². The number of carbonyl (C=O) groups excluding carboxylic acids is 2. The van der Waals surface area contributed by atoms with Gasteiger partial charge < -0.3 is 19.5 Å². The zero-order valence-electron chi connectivity index (χ0n) is 10.6. The fourth-order valence-electron chi connectivity index (χ4n) is 2.11. The predicted molar refractivity (Wildman–Crippen MR) is 61.9 cm³/mol. The number of ether oxygens (including phenoxy) is 3. The van der Waals surface area contributed by atoms with Crippen molar-refractivity contribution in [1.82, 2.24) is 5.32 Å². The van der Waals surface area contributed by atoms with Crippen LogP contribution in [0.2, 0.25) is 0 Å². The molecule has 0 aromatic heterocycles. The molecule has 2 rings (SSSR count). The molecule has 1 fully saturated rings. The number of alkyl carbamates (subject to hydrolysis) is 1. The van der Waals surface area contributed by atoms with Crippen LogP contribution in [0, 0.1) is 0 Å². The van der Waals surface area contributed by atoms with Gasteiger partial charge in [-0.05, 0) is 26.8 Å². The molecule has 6 nitrogen and oxygen atoms in total. The van der Waals surface area contributed by atoms with Crippen molar-refractivity contribution in [2.45, 2.75) is 44.8 Å². The topological polar surface area (TPSA) is 73.9 Å². The highest BCUT2D eigenvalue weighted by Gasteiger charge is 2.49. The average Bonchev–Trinajstić information content (AvgIpc) is 2.60. The molecule has 0 saturated carbocycles. The lowest BCUT2D eigenvalue weighted by molar-refractivity contribution is -0.152. The van der Waals surface area contributed by atoms with Gasteiger partial charge in [0.25, 0.3) is 0 Å². The summed E-state index contributed by atoms with van der Waals surface area (Å²) in [6, 6.07) is -0.423. The first-order valence-electron chi connectivity index (χ1n) is 5.94. The second kappa shape index (κ2) is 4.70. The fourth-order valence-corrected chi connectivity index (χ4v) is 2.11. The monoisotopic (exact) mass is 255 g/mol. The number of fused-ring (bicyclic) bond motifs is 1. The third-order valence-corrected chi connectivity index (χ3v) is 2.79. The summed E-state index contributed by atoms with van der Waals surface area (Å²) in [5.74, 6) is -0.974. The van der Waals surface area contributed by atoms with Crippen molar-refractivity contribution in [3.63, 3.8) is 0 Å². The fraction of sp³-hybridized carbons (Fsp3) is 0.667. The standard InChI is InChI=1S/C12H17NO5/c1-4-16-11(15)13-7-5-6-8(14)10-9(7)17-12(2,3)18-10/h5-7,9-10H,4H2,1-3H3,(H,13,15)/t7-,9+,10-/m1/s1. The SMILES string of the molecule is CCOC(=O)N[C@@H]1C=CC(=O)[C@H]2OC(C)(C)O[C@H]21. The lowest BCUT2D eigenvalue weighted by Gasteiger charge is -2.26. The van der Waals surface area contributed by atoms with Gasteiger partial charge in [0.15, 0.2) is 17.7 Å². The Balaban J connectivity index is 2.10. The van der Waals surface area contributed by atoms with E-state index in [4.69, 9.17) is 14.2 Å². The number of nitrogens with one attached hydrogen (secondary N) is 1. The summed E-state index contributed by atoms with van der Waals surface area (Å²) in [5.41, 5.74) is 0. The van der Waals surface area contributed by atoms with Crippen LogP contribution in [0.1, 0.15) is 20.8 Å². The first kappa shape index (κ1) is 13.0. The lowest BCUT2D eigenvalue weighted by Crippen LogP contribution is -2.50. The minimum Gasteiger partial charge on any atom is -0.450 e. The van der Waals surface area contributed by atoms with Crippen molar-refractivity contribution >= 4 is 11.9 Å². The van der Waals surface area contributed by atoms with E-state index in [0.717, 1.165) is 0 Å². The predicted octanol–water partition coefficient (Wildman–Crippen LogP) is 0.760. The molecule has 0 unspecified atom stereocenters. The Morgan fingerprint density at radius 3 is 2.89 bits per heavy atom. The Hall–Kier alpha value is -1.40. The first-order chi connectivity index (χ1) is 8.43. The van der Waals surface area contributed by atoms with E-state index in [1.807, 2.05) is 0 Å². The molecule has 18 heavy (non-hydrogen) atoms. The molecule has 1 heterocycles. The molecule has 0 bridgehead atoms. The van der Waals surface area contributed by atoms with Crippen LogP contribution in [0.5, 0.6) is 0 Å². The summed E-state index contributed by atoms with van der Waals surface area (Å²) >= 11 is 0. The van der Waals surface area contributed by atoms with Crippen LogP contribution >= 0.6 is 0 Å². The van der Waals surface area contributed by atoms with E-state index in [9.17, 15) is 9.59 Å². The average molecular weight is 255 g/mol. The van der Waals surface area contributed by atoms with Gasteiger partial charge in [-0.25, -0.2) is 4.79 Å². The maximum atomic E-state index is 11.7. The van der Waals surface area contributed by atoms with Gasteiger partial charge in [-0.2, -0.15) is 0 Å². The number of carbonyl (C=O) groups is 2. The molecule has 0 spiro atoms. The molecular formula is C12H17NO5. The van der Waals surface area contributed by atoms with Crippen molar-refractivity contribution in [3.8, 4) is 0 Å².